The topological polar surface area (TPSA) is 51.2 Å². The Labute approximate surface area is 119 Å². The highest BCUT2D eigenvalue weighted by atomic mass is 32.1. The van der Waals surface area contributed by atoms with E-state index in [-0.39, 0.29) is 5.97 Å². The lowest BCUT2D eigenvalue weighted by Crippen LogP contribution is -2.06. The number of nitrogens with one attached hydrogen (secondary N) is 1. The minimum atomic E-state index is -0.341. The van der Waals surface area contributed by atoms with E-state index in [0.29, 0.717) is 12.3 Å². The number of thiazole rings is 1. The number of nitrogens with zero attached hydrogens (tertiary/aromatic N) is 1. The van der Waals surface area contributed by atoms with Gasteiger partial charge in [0.1, 0.15) is 0 Å². The van der Waals surface area contributed by atoms with Gasteiger partial charge in [0.2, 0.25) is 0 Å². The van der Waals surface area contributed by atoms with Crippen LogP contribution in [-0.2, 0) is 4.74 Å². The Morgan fingerprint density at radius 3 is 2.74 bits per heavy atom. The first-order valence-electron chi connectivity index (χ1n) is 7.14. The third-order valence-electron chi connectivity index (χ3n) is 2.80. The van der Waals surface area contributed by atoms with Gasteiger partial charge in [-0.2, -0.15) is 0 Å². The molecule has 0 fully saturated rings. The standard InChI is InChI=1S/C14H24N2O2S/c1-3-5-6-7-8-9-10-15-14-16-12(11-19-14)13(17)18-4-2/h11H,3-10H2,1-2H3,(H,15,16). The summed E-state index contributed by atoms with van der Waals surface area (Å²) in [6, 6.07) is 0. The van der Waals surface area contributed by atoms with E-state index in [9.17, 15) is 4.79 Å². The number of carbonyl (C=O) groups excluding carboxylic acids is 1. The Balaban J connectivity index is 2.14. The van der Waals surface area contributed by atoms with Crippen molar-refractivity contribution in [3.05, 3.63) is 11.1 Å². The highest BCUT2D eigenvalue weighted by Crippen LogP contribution is 2.16. The van der Waals surface area contributed by atoms with Crippen LogP contribution in [0.25, 0.3) is 0 Å². The number of unbranched alkanes of at least 4 members (excludes halogenated alkanes) is 5. The van der Waals surface area contributed by atoms with Crippen LogP contribution in [0.4, 0.5) is 5.13 Å². The van der Waals surface area contributed by atoms with E-state index < -0.39 is 0 Å². The number of hydrogen-bond acceptors (Lipinski definition) is 5. The minimum Gasteiger partial charge on any atom is -0.461 e. The van der Waals surface area contributed by atoms with E-state index in [2.05, 4.69) is 17.2 Å². The second-order valence-electron chi connectivity index (χ2n) is 4.45. The lowest BCUT2D eigenvalue weighted by Gasteiger charge is -2.02. The van der Waals surface area contributed by atoms with Crippen molar-refractivity contribution in [3.63, 3.8) is 0 Å². The number of esters is 1. The molecule has 0 aliphatic rings. The van der Waals surface area contributed by atoms with E-state index in [1.54, 1.807) is 12.3 Å². The second-order valence-corrected chi connectivity index (χ2v) is 5.31. The quantitative estimate of drug-likeness (QED) is 0.519. The highest BCUT2D eigenvalue weighted by Gasteiger charge is 2.10. The number of ether oxygens (including phenoxy) is 1. The predicted octanol–water partition coefficient (Wildman–Crippen LogP) is 4.09. The number of hydrogen-bond donors (Lipinski definition) is 1. The van der Waals surface area contributed by atoms with E-state index in [1.165, 1.54) is 43.4 Å². The van der Waals surface area contributed by atoms with Crippen molar-refractivity contribution in [2.75, 3.05) is 18.5 Å². The van der Waals surface area contributed by atoms with E-state index in [0.717, 1.165) is 18.1 Å². The molecule has 0 saturated carbocycles. The van der Waals surface area contributed by atoms with Crippen LogP contribution in [0, 0.1) is 0 Å². The van der Waals surface area contributed by atoms with E-state index in [4.69, 9.17) is 4.74 Å². The molecule has 19 heavy (non-hydrogen) atoms. The van der Waals surface area contributed by atoms with E-state index in [1.807, 2.05) is 0 Å². The van der Waals surface area contributed by atoms with Gasteiger partial charge in [-0.15, -0.1) is 11.3 Å². The normalized spacial score (nSPS) is 10.4. The van der Waals surface area contributed by atoms with Gasteiger partial charge in [-0.05, 0) is 13.3 Å². The molecule has 0 atom stereocenters. The summed E-state index contributed by atoms with van der Waals surface area (Å²) < 4.78 is 4.90. The molecule has 4 nitrogen and oxygen atoms in total. The predicted molar refractivity (Wildman–Crippen MR) is 79.9 cm³/mol. The Kier molecular flexibility index (Phi) is 8.21. The van der Waals surface area contributed by atoms with Gasteiger partial charge in [0, 0.05) is 11.9 Å². The summed E-state index contributed by atoms with van der Waals surface area (Å²) in [4.78, 5) is 15.6. The molecular formula is C14H24N2O2S. The molecule has 1 N–H and O–H groups in total. The van der Waals surface area contributed by atoms with Crippen LogP contribution in [-0.4, -0.2) is 24.1 Å². The van der Waals surface area contributed by atoms with Crippen molar-refractivity contribution in [2.45, 2.75) is 52.4 Å². The zero-order valence-corrected chi connectivity index (χ0v) is 12.7. The fourth-order valence-corrected chi connectivity index (χ4v) is 2.46. The summed E-state index contributed by atoms with van der Waals surface area (Å²) in [5.74, 6) is -0.341. The van der Waals surface area contributed by atoms with Gasteiger partial charge in [0.25, 0.3) is 0 Å². The SMILES string of the molecule is CCCCCCCCNc1nc(C(=O)OCC)cs1. The largest absolute Gasteiger partial charge is 0.461 e. The van der Waals surface area contributed by atoms with Crippen LogP contribution >= 0.6 is 11.3 Å². The summed E-state index contributed by atoms with van der Waals surface area (Å²) in [5.41, 5.74) is 0.400. The molecule has 0 aliphatic heterocycles. The second kappa shape index (κ2) is 9.78. The molecule has 0 unspecified atom stereocenters. The molecule has 0 spiro atoms. The molecule has 1 heterocycles. The molecule has 0 radical (unpaired) electrons. The molecular weight excluding hydrogens is 260 g/mol. The van der Waals surface area contributed by atoms with Crippen molar-refractivity contribution >= 4 is 22.4 Å². The van der Waals surface area contributed by atoms with Gasteiger partial charge in [-0.1, -0.05) is 39.0 Å². The Morgan fingerprint density at radius 1 is 1.26 bits per heavy atom. The molecule has 1 aromatic heterocycles. The Hall–Kier alpha value is -1.10. The number of rotatable bonds is 10. The third kappa shape index (κ3) is 6.57. The Morgan fingerprint density at radius 2 is 2.00 bits per heavy atom. The van der Waals surface area contributed by atoms with Crippen molar-refractivity contribution < 1.29 is 9.53 Å². The van der Waals surface area contributed by atoms with Crippen molar-refractivity contribution in [2.24, 2.45) is 0 Å². The van der Waals surface area contributed by atoms with E-state index >= 15 is 0 Å². The summed E-state index contributed by atoms with van der Waals surface area (Å²) in [7, 11) is 0. The third-order valence-corrected chi connectivity index (χ3v) is 3.60. The molecule has 5 heteroatoms. The first-order chi connectivity index (χ1) is 9.27. The van der Waals surface area contributed by atoms with Crippen LogP contribution in [0.1, 0.15) is 62.9 Å². The highest BCUT2D eigenvalue weighted by molar-refractivity contribution is 7.13. The smallest absolute Gasteiger partial charge is 0.357 e. The zero-order valence-electron chi connectivity index (χ0n) is 11.9. The fourth-order valence-electron chi connectivity index (χ4n) is 1.75. The van der Waals surface area contributed by atoms with Crippen LogP contribution in [0.3, 0.4) is 0 Å². The molecule has 1 rings (SSSR count). The maximum absolute atomic E-state index is 11.4. The van der Waals surface area contributed by atoms with Crippen LogP contribution in [0.5, 0.6) is 0 Å². The molecule has 108 valence electrons. The average Bonchev–Trinajstić information content (AvgIpc) is 2.87. The molecule has 0 aliphatic carbocycles. The monoisotopic (exact) mass is 284 g/mol. The van der Waals surface area contributed by atoms with Crippen molar-refractivity contribution in [3.8, 4) is 0 Å². The number of aromatic nitrogens is 1. The first-order valence-corrected chi connectivity index (χ1v) is 8.02. The summed E-state index contributed by atoms with van der Waals surface area (Å²) in [5, 5.41) is 5.79. The lowest BCUT2D eigenvalue weighted by molar-refractivity contribution is 0.0520. The maximum Gasteiger partial charge on any atom is 0.357 e. The zero-order chi connectivity index (χ0) is 13.9. The van der Waals surface area contributed by atoms with Gasteiger partial charge in [-0.3, -0.25) is 0 Å². The van der Waals surface area contributed by atoms with Crippen LogP contribution in [0.15, 0.2) is 5.38 Å². The van der Waals surface area contributed by atoms with Gasteiger partial charge in [0.05, 0.1) is 6.61 Å². The first kappa shape index (κ1) is 16.0. The van der Waals surface area contributed by atoms with Crippen LogP contribution in [0.2, 0.25) is 0 Å². The molecule has 0 bridgehead atoms. The van der Waals surface area contributed by atoms with Gasteiger partial charge in [0.15, 0.2) is 10.8 Å². The van der Waals surface area contributed by atoms with Gasteiger partial charge >= 0.3 is 5.97 Å². The molecule has 0 amide bonds. The summed E-state index contributed by atoms with van der Waals surface area (Å²) in [6.07, 6.45) is 7.67. The fraction of sp³-hybridized carbons (Fsp3) is 0.714. The molecule has 0 saturated heterocycles. The summed E-state index contributed by atoms with van der Waals surface area (Å²) in [6.45, 7) is 5.33. The van der Waals surface area contributed by atoms with Gasteiger partial charge < -0.3 is 10.1 Å². The average molecular weight is 284 g/mol. The summed E-state index contributed by atoms with van der Waals surface area (Å²) >= 11 is 1.45. The van der Waals surface area contributed by atoms with Crippen molar-refractivity contribution in [1.82, 2.24) is 4.98 Å². The molecule has 1 aromatic rings. The maximum atomic E-state index is 11.4. The van der Waals surface area contributed by atoms with Crippen molar-refractivity contribution in [1.29, 1.82) is 0 Å². The Bertz CT molecular complexity index is 366. The number of carbonyl (C=O) groups is 1. The minimum absolute atomic E-state index is 0.341. The van der Waals surface area contributed by atoms with Crippen LogP contribution < -0.4 is 5.32 Å². The molecule has 0 aromatic carbocycles. The van der Waals surface area contributed by atoms with Gasteiger partial charge in [-0.25, -0.2) is 9.78 Å². The lowest BCUT2D eigenvalue weighted by atomic mass is 10.1. The number of anilines is 1.